The molecule has 6 aliphatic rings. The molecule has 16 rings (SSSR count). The summed E-state index contributed by atoms with van der Waals surface area (Å²) in [4.78, 5) is 5.10. The van der Waals surface area contributed by atoms with Gasteiger partial charge in [0.2, 0.25) is 0 Å². The van der Waals surface area contributed by atoms with Crippen LogP contribution in [0.2, 0.25) is 0 Å². The van der Waals surface area contributed by atoms with Crippen LogP contribution in [0.1, 0.15) is 172 Å². The topological polar surface area (TPSA) is 6.48 Å². The zero-order chi connectivity index (χ0) is 55.7. The molecule has 0 aromatic heterocycles. The molecule has 0 spiro atoms. The largest absolute Gasteiger partial charge is 0.310 e. The zero-order valence-electron chi connectivity index (χ0n) is 49.0. The van der Waals surface area contributed by atoms with E-state index >= 15 is 0 Å². The normalized spacial score (nSPS) is 18.4. The highest BCUT2D eigenvalue weighted by Gasteiger charge is 2.54. The Balaban J connectivity index is 0.946. The van der Waals surface area contributed by atoms with E-state index < -0.39 is 0 Å². The van der Waals surface area contributed by atoms with Gasteiger partial charge in [0.25, 0.3) is 0 Å². The summed E-state index contributed by atoms with van der Waals surface area (Å²) in [7, 11) is 0. The standard InChI is InChI=1S/C79H70N2/c1-74(2)54-27-15-13-25-49(54)67(50-26-14-16-28-55(50)74)46-37-40-51-60(43-46)77(7,8)71-68(51)72-70(53-42-39-48(45-62(53)78(72,9)10)81-65-35-23-19-31-58(65)76(5,6)59-32-20-24-36-66(59)81)73-69(71)52-41-38-47(44-61(52)79(73,11)12)80-63-33-21-17-29-56(63)75(3,4)57-30-18-22-34-64(57)80/h13-45,67H,1-12H3. The number of rotatable bonds is 3. The van der Waals surface area contributed by atoms with Crippen LogP contribution in [-0.2, 0) is 32.5 Å². The second kappa shape index (κ2) is 15.8. The minimum atomic E-state index is -0.348. The summed E-state index contributed by atoms with van der Waals surface area (Å²) in [6.45, 7) is 29.6. The molecule has 0 bridgehead atoms. The summed E-state index contributed by atoms with van der Waals surface area (Å²) in [5.41, 5.74) is 35.5. The van der Waals surface area contributed by atoms with Crippen LogP contribution in [0.5, 0.6) is 0 Å². The van der Waals surface area contributed by atoms with Crippen molar-refractivity contribution in [1.82, 2.24) is 0 Å². The Bertz CT molecular complexity index is 3820. The first kappa shape index (κ1) is 48.7. The van der Waals surface area contributed by atoms with E-state index in [-0.39, 0.29) is 38.4 Å². The Morgan fingerprint density at radius 2 is 0.543 bits per heavy atom. The van der Waals surface area contributed by atoms with Crippen LogP contribution in [-0.4, -0.2) is 0 Å². The lowest BCUT2D eigenvalue weighted by Crippen LogP contribution is -2.30. The van der Waals surface area contributed by atoms with Gasteiger partial charge >= 0.3 is 0 Å². The summed E-state index contributed by atoms with van der Waals surface area (Å²) >= 11 is 0. The van der Waals surface area contributed by atoms with Crippen molar-refractivity contribution >= 4 is 34.1 Å². The third kappa shape index (κ3) is 6.03. The Labute approximate surface area is 479 Å². The van der Waals surface area contributed by atoms with Crippen LogP contribution in [0.25, 0.3) is 33.4 Å². The monoisotopic (exact) mass is 1050 g/mol. The zero-order valence-corrected chi connectivity index (χ0v) is 49.0. The van der Waals surface area contributed by atoms with E-state index in [1.807, 2.05) is 0 Å². The van der Waals surface area contributed by atoms with Crippen LogP contribution in [0, 0.1) is 0 Å². The van der Waals surface area contributed by atoms with Gasteiger partial charge in [0.15, 0.2) is 0 Å². The molecule has 4 aliphatic carbocycles. The lowest BCUT2D eigenvalue weighted by molar-refractivity contribution is 0.596. The average molecular weight is 1050 g/mol. The summed E-state index contributed by atoms with van der Waals surface area (Å²) in [5, 5.41) is 0. The maximum absolute atomic E-state index is 2.64. The number of benzene rings is 10. The molecule has 0 radical (unpaired) electrons. The highest BCUT2D eigenvalue weighted by molar-refractivity contribution is 6.06. The van der Waals surface area contributed by atoms with Crippen molar-refractivity contribution < 1.29 is 0 Å². The first-order valence-corrected chi connectivity index (χ1v) is 29.6. The number of nitrogens with zero attached hydrogens (tertiary/aromatic N) is 2. The third-order valence-electron chi connectivity index (χ3n) is 21.3. The lowest BCUT2D eigenvalue weighted by atomic mass is 9.63. The SMILES string of the molecule is CC1(C)c2ccccc2C(c2ccc3c(c2)C(C)(C)c2c-3c3c(c4c2-c2ccc(N5c6ccccc6C(C)(C)c6ccccc65)cc2C4(C)C)-c2ccc(N4c5ccccc5C(C)(C)c5ccccc54)cc2C3(C)C)c2ccccc21. The molecule has 0 saturated heterocycles. The lowest BCUT2D eigenvalue weighted by Gasteiger charge is -2.42. The smallest absolute Gasteiger partial charge is 0.0502 e. The summed E-state index contributed by atoms with van der Waals surface area (Å²) in [5.74, 6) is 0.120. The molecule has 81 heavy (non-hydrogen) atoms. The maximum Gasteiger partial charge on any atom is 0.0502 e. The predicted octanol–water partition coefficient (Wildman–Crippen LogP) is 20.6. The van der Waals surface area contributed by atoms with Gasteiger partial charge < -0.3 is 9.80 Å². The van der Waals surface area contributed by atoms with Gasteiger partial charge in [-0.3, -0.25) is 0 Å². The van der Waals surface area contributed by atoms with Crippen molar-refractivity contribution in [3.05, 3.63) is 284 Å². The van der Waals surface area contributed by atoms with Crippen molar-refractivity contribution in [2.24, 2.45) is 0 Å². The second-order valence-electron chi connectivity index (χ2n) is 27.6. The predicted molar refractivity (Wildman–Crippen MR) is 339 cm³/mol. The molecule has 2 heterocycles. The molecule has 10 aromatic carbocycles. The first-order chi connectivity index (χ1) is 38.8. The Morgan fingerprint density at radius 3 is 0.901 bits per heavy atom. The van der Waals surface area contributed by atoms with Crippen molar-refractivity contribution in [2.45, 2.75) is 121 Å². The van der Waals surface area contributed by atoms with Crippen LogP contribution < -0.4 is 9.80 Å². The van der Waals surface area contributed by atoms with Gasteiger partial charge in [-0.05, 0) is 165 Å². The van der Waals surface area contributed by atoms with Gasteiger partial charge in [0.1, 0.15) is 0 Å². The average Bonchev–Trinajstić information content (AvgIpc) is 1.88. The Morgan fingerprint density at radius 1 is 0.259 bits per heavy atom. The maximum atomic E-state index is 2.64. The van der Waals surface area contributed by atoms with Crippen LogP contribution >= 0.6 is 0 Å². The molecule has 0 N–H and O–H groups in total. The van der Waals surface area contributed by atoms with Crippen molar-refractivity contribution in [2.75, 3.05) is 9.80 Å². The van der Waals surface area contributed by atoms with E-state index in [4.69, 9.17) is 0 Å². The molecular formula is C79H70N2. The van der Waals surface area contributed by atoms with Crippen molar-refractivity contribution in [3.63, 3.8) is 0 Å². The summed E-state index contributed by atoms with van der Waals surface area (Å²) in [6, 6.07) is 77.6. The van der Waals surface area contributed by atoms with Gasteiger partial charge in [-0.25, -0.2) is 0 Å². The molecule has 0 atom stereocenters. The van der Waals surface area contributed by atoms with Gasteiger partial charge in [-0.2, -0.15) is 0 Å². The highest BCUT2D eigenvalue weighted by Crippen LogP contribution is 2.69. The third-order valence-corrected chi connectivity index (χ3v) is 21.3. The fraction of sp³-hybridized carbons (Fsp3) is 0.241. The fourth-order valence-electron chi connectivity index (χ4n) is 17.3. The van der Waals surface area contributed by atoms with E-state index in [9.17, 15) is 0 Å². The number of para-hydroxylation sites is 4. The summed E-state index contributed by atoms with van der Waals surface area (Å²) < 4.78 is 0. The number of fused-ring (bicyclic) bond motifs is 18. The van der Waals surface area contributed by atoms with Gasteiger partial charge in [0.05, 0.1) is 22.7 Å². The van der Waals surface area contributed by atoms with Crippen LogP contribution in [0.3, 0.4) is 0 Å². The molecule has 0 fully saturated rings. The van der Waals surface area contributed by atoms with Crippen LogP contribution in [0.15, 0.2) is 200 Å². The van der Waals surface area contributed by atoms with Crippen LogP contribution in [0.4, 0.5) is 34.1 Å². The van der Waals surface area contributed by atoms with Crippen molar-refractivity contribution in [1.29, 1.82) is 0 Å². The molecule has 2 heteroatoms. The van der Waals surface area contributed by atoms with E-state index in [0.29, 0.717) is 0 Å². The fourth-order valence-corrected chi connectivity index (χ4v) is 17.3. The molecule has 396 valence electrons. The molecule has 10 aromatic rings. The van der Waals surface area contributed by atoms with Crippen molar-refractivity contribution in [3.8, 4) is 33.4 Å². The quantitative estimate of drug-likeness (QED) is 0.174. The molecule has 2 aliphatic heterocycles. The van der Waals surface area contributed by atoms with E-state index in [1.54, 1.807) is 0 Å². The molecule has 0 saturated carbocycles. The number of hydrogen-bond acceptors (Lipinski definition) is 2. The number of anilines is 6. The highest BCUT2D eigenvalue weighted by atomic mass is 15.2. The van der Waals surface area contributed by atoms with E-state index in [0.717, 1.165) is 0 Å². The van der Waals surface area contributed by atoms with E-state index in [2.05, 4.69) is 293 Å². The van der Waals surface area contributed by atoms with Gasteiger partial charge in [0, 0.05) is 49.8 Å². The molecule has 2 nitrogen and oxygen atoms in total. The second-order valence-corrected chi connectivity index (χ2v) is 27.6. The molecule has 0 unspecified atom stereocenters. The van der Waals surface area contributed by atoms with E-state index in [1.165, 1.54) is 151 Å². The summed E-state index contributed by atoms with van der Waals surface area (Å²) in [6.07, 6.45) is 0. The minimum absolute atomic E-state index is 0.105. The van der Waals surface area contributed by atoms with Gasteiger partial charge in [-0.1, -0.05) is 235 Å². The Kier molecular flexibility index (Phi) is 9.51. The molecular weight excluding hydrogens is 977 g/mol. The Hall–Kier alpha value is -8.20. The first-order valence-electron chi connectivity index (χ1n) is 29.6. The molecule has 0 amide bonds. The van der Waals surface area contributed by atoms with Gasteiger partial charge in [-0.15, -0.1) is 0 Å². The number of hydrogen-bond donors (Lipinski definition) is 0. The minimum Gasteiger partial charge on any atom is -0.310 e.